The van der Waals surface area contributed by atoms with Crippen LogP contribution in [0, 0.1) is 0 Å². The van der Waals surface area contributed by atoms with Crippen LogP contribution in [0.25, 0.3) is 0 Å². The third-order valence-electron chi connectivity index (χ3n) is 2.86. The van der Waals surface area contributed by atoms with Gasteiger partial charge < -0.3 is 9.47 Å². The van der Waals surface area contributed by atoms with Gasteiger partial charge in [-0.25, -0.2) is 4.79 Å². The standard InChI is InChI=1S/C13H16O3/c1-9(10-7-5-4-6-8-10)11-15-12(14)13(2,3)16-11/h4-9,11H,1-3H3. The minimum absolute atomic E-state index is 0.0481. The van der Waals surface area contributed by atoms with Crippen LogP contribution < -0.4 is 0 Å². The number of carbonyl (C=O) groups is 1. The number of benzene rings is 1. The smallest absolute Gasteiger partial charge is 0.340 e. The quantitative estimate of drug-likeness (QED) is 0.718. The summed E-state index contributed by atoms with van der Waals surface area (Å²) < 4.78 is 10.8. The summed E-state index contributed by atoms with van der Waals surface area (Å²) in [6.45, 7) is 5.45. The Morgan fingerprint density at radius 2 is 1.88 bits per heavy atom. The molecule has 2 atom stereocenters. The van der Waals surface area contributed by atoms with Gasteiger partial charge in [-0.3, -0.25) is 0 Å². The van der Waals surface area contributed by atoms with Gasteiger partial charge in [0, 0.05) is 5.92 Å². The van der Waals surface area contributed by atoms with E-state index in [0.717, 1.165) is 5.56 Å². The summed E-state index contributed by atoms with van der Waals surface area (Å²) in [7, 11) is 0. The summed E-state index contributed by atoms with van der Waals surface area (Å²) in [6, 6.07) is 9.91. The molecule has 0 radical (unpaired) electrons. The molecule has 0 spiro atoms. The average Bonchev–Trinajstić information content (AvgIpc) is 2.54. The fraction of sp³-hybridized carbons (Fsp3) is 0.462. The predicted octanol–water partition coefficient (Wildman–Crippen LogP) is 2.47. The molecule has 1 saturated heterocycles. The molecule has 0 aromatic heterocycles. The van der Waals surface area contributed by atoms with Crippen molar-refractivity contribution in [1.82, 2.24) is 0 Å². The molecule has 3 heteroatoms. The van der Waals surface area contributed by atoms with E-state index in [4.69, 9.17) is 9.47 Å². The van der Waals surface area contributed by atoms with Crippen LogP contribution in [0.1, 0.15) is 32.3 Å². The maximum Gasteiger partial charge on any atom is 0.340 e. The van der Waals surface area contributed by atoms with E-state index in [2.05, 4.69) is 0 Å². The van der Waals surface area contributed by atoms with Gasteiger partial charge in [-0.1, -0.05) is 37.3 Å². The highest BCUT2D eigenvalue weighted by molar-refractivity contribution is 5.80. The van der Waals surface area contributed by atoms with Crippen LogP contribution in [0.4, 0.5) is 0 Å². The summed E-state index contributed by atoms with van der Waals surface area (Å²) >= 11 is 0. The van der Waals surface area contributed by atoms with Gasteiger partial charge in [0.25, 0.3) is 0 Å². The van der Waals surface area contributed by atoms with Gasteiger partial charge in [0.1, 0.15) is 0 Å². The first-order valence-electron chi connectivity index (χ1n) is 5.44. The second-order valence-corrected chi connectivity index (χ2v) is 4.60. The molecule has 1 heterocycles. The molecule has 1 aromatic rings. The summed E-state index contributed by atoms with van der Waals surface area (Å²) in [5.74, 6) is -0.243. The van der Waals surface area contributed by atoms with Crippen LogP contribution >= 0.6 is 0 Å². The second-order valence-electron chi connectivity index (χ2n) is 4.60. The Hall–Kier alpha value is -1.35. The van der Waals surface area contributed by atoms with Gasteiger partial charge in [-0.15, -0.1) is 0 Å². The van der Waals surface area contributed by atoms with Crippen LogP contribution in [-0.4, -0.2) is 17.9 Å². The van der Waals surface area contributed by atoms with Crippen molar-refractivity contribution >= 4 is 5.97 Å². The van der Waals surface area contributed by atoms with Crippen molar-refractivity contribution in [3.05, 3.63) is 35.9 Å². The summed E-state index contributed by atoms with van der Waals surface area (Å²) in [6.07, 6.45) is -0.482. The van der Waals surface area contributed by atoms with Crippen molar-refractivity contribution in [2.45, 2.75) is 38.6 Å². The number of hydrogen-bond donors (Lipinski definition) is 0. The van der Waals surface area contributed by atoms with E-state index < -0.39 is 11.9 Å². The molecule has 2 rings (SSSR count). The SMILES string of the molecule is CC(c1ccccc1)C1OC(=O)C(C)(C)O1. The largest absolute Gasteiger partial charge is 0.433 e. The molecule has 0 aliphatic carbocycles. The van der Waals surface area contributed by atoms with E-state index in [1.165, 1.54) is 0 Å². The number of esters is 1. The zero-order valence-electron chi connectivity index (χ0n) is 9.77. The molecule has 1 aliphatic heterocycles. The molecule has 2 unspecified atom stereocenters. The topological polar surface area (TPSA) is 35.5 Å². The van der Waals surface area contributed by atoms with Crippen molar-refractivity contribution in [2.24, 2.45) is 0 Å². The van der Waals surface area contributed by atoms with Gasteiger partial charge in [0.05, 0.1) is 0 Å². The van der Waals surface area contributed by atoms with Crippen LogP contribution in [-0.2, 0) is 14.3 Å². The first-order chi connectivity index (χ1) is 7.50. The Labute approximate surface area is 95.4 Å². The van der Waals surface area contributed by atoms with Gasteiger partial charge >= 0.3 is 5.97 Å². The van der Waals surface area contributed by atoms with Crippen LogP contribution in [0.5, 0.6) is 0 Å². The van der Waals surface area contributed by atoms with Crippen molar-refractivity contribution in [1.29, 1.82) is 0 Å². The third kappa shape index (κ3) is 1.95. The maximum absolute atomic E-state index is 11.5. The van der Waals surface area contributed by atoms with E-state index >= 15 is 0 Å². The van der Waals surface area contributed by atoms with Crippen LogP contribution in [0.2, 0.25) is 0 Å². The van der Waals surface area contributed by atoms with E-state index in [1.54, 1.807) is 13.8 Å². The number of ether oxygens (including phenoxy) is 2. The number of hydrogen-bond acceptors (Lipinski definition) is 3. The van der Waals surface area contributed by atoms with Gasteiger partial charge in [-0.2, -0.15) is 0 Å². The minimum atomic E-state index is -0.826. The van der Waals surface area contributed by atoms with Gasteiger partial charge in [0.15, 0.2) is 5.60 Å². The second kappa shape index (κ2) is 3.91. The third-order valence-corrected chi connectivity index (χ3v) is 2.86. The zero-order valence-corrected chi connectivity index (χ0v) is 9.77. The molecule has 1 fully saturated rings. The van der Waals surface area contributed by atoms with E-state index in [-0.39, 0.29) is 11.9 Å². The molecule has 0 saturated carbocycles. The highest BCUT2D eigenvalue weighted by Gasteiger charge is 2.44. The Balaban J connectivity index is 2.14. The molecule has 3 nitrogen and oxygen atoms in total. The molecular weight excluding hydrogens is 204 g/mol. The summed E-state index contributed by atoms with van der Waals surface area (Å²) in [4.78, 5) is 11.5. The molecule has 0 N–H and O–H groups in total. The highest BCUT2D eigenvalue weighted by atomic mass is 16.8. The number of cyclic esters (lactones) is 1. The Morgan fingerprint density at radius 3 is 2.38 bits per heavy atom. The summed E-state index contributed by atoms with van der Waals surface area (Å²) in [5, 5.41) is 0. The lowest BCUT2D eigenvalue weighted by molar-refractivity contribution is -0.145. The van der Waals surface area contributed by atoms with Crippen LogP contribution in [0.15, 0.2) is 30.3 Å². The molecular formula is C13H16O3. The summed E-state index contributed by atoms with van der Waals surface area (Å²) in [5.41, 5.74) is 0.284. The molecule has 86 valence electrons. The predicted molar refractivity (Wildman–Crippen MR) is 59.9 cm³/mol. The lowest BCUT2D eigenvalue weighted by atomic mass is 10.0. The molecule has 0 bridgehead atoms. The average molecular weight is 220 g/mol. The lowest BCUT2D eigenvalue weighted by Crippen LogP contribution is -2.28. The first-order valence-corrected chi connectivity index (χ1v) is 5.44. The molecule has 1 aliphatic rings. The minimum Gasteiger partial charge on any atom is -0.433 e. The lowest BCUT2D eigenvalue weighted by Gasteiger charge is -2.19. The first kappa shape index (κ1) is 11.1. The van der Waals surface area contributed by atoms with Crippen molar-refractivity contribution < 1.29 is 14.3 Å². The van der Waals surface area contributed by atoms with Gasteiger partial charge in [-0.05, 0) is 19.4 Å². The van der Waals surface area contributed by atoms with E-state index in [1.807, 2.05) is 37.3 Å². The van der Waals surface area contributed by atoms with Crippen molar-refractivity contribution in [3.63, 3.8) is 0 Å². The molecule has 0 amide bonds. The monoisotopic (exact) mass is 220 g/mol. The van der Waals surface area contributed by atoms with Crippen molar-refractivity contribution in [3.8, 4) is 0 Å². The maximum atomic E-state index is 11.5. The van der Waals surface area contributed by atoms with E-state index in [9.17, 15) is 4.79 Å². The van der Waals surface area contributed by atoms with Gasteiger partial charge in [0.2, 0.25) is 6.29 Å². The number of carbonyl (C=O) groups excluding carboxylic acids is 1. The fourth-order valence-corrected chi connectivity index (χ4v) is 1.73. The Kier molecular flexibility index (Phi) is 2.72. The van der Waals surface area contributed by atoms with Crippen LogP contribution in [0.3, 0.4) is 0 Å². The Morgan fingerprint density at radius 1 is 1.25 bits per heavy atom. The number of rotatable bonds is 2. The van der Waals surface area contributed by atoms with E-state index in [0.29, 0.717) is 0 Å². The fourth-order valence-electron chi connectivity index (χ4n) is 1.73. The Bertz CT molecular complexity index is 383. The molecule has 1 aromatic carbocycles. The molecule has 16 heavy (non-hydrogen) atoms. The van der Waals surface area contributed by atoms with Crippen molar-refractivity contribution in [2.75, 3.05) is 0 Å². The zero-order chi connectivity index (χ0) is 11.8. The normalized spacial score (nSPS) is 25.2. The highest BCUT2D eigenvalue weighted by Crippen LogP contribution is 2.32.